The molecule has 0 fully saturated rings. The predicted molar refractivity (Wildman–Crippen MR) is 63.5 cm³/mol. The third-order valence-corrected chi connectivity index (χ3v) is 2.73. The van der Waals surface area contributed by atoms with Gasteiger partial charge in [0.15, 0.2) is 11.6 Å². The van der Waals surface area contributed by atoms with Crippen molar-refractivity contribution in [2.45, 2.75) is 33.8 Å². The Hall–Kier alpha value is -1.51. The van der Waals surface area contributed by atoms with Gasteiger partial charge in [-0.3, -0.25) is 0 Å². The van der Waals surface area contributed by atoms with E-state index in [1.54, 1.807) is 6.07 Å². The molecule has 2 rings (SSSR count). The summed E-state index contributed by atoms with van der Waals surface area (Å²) < 4.78 is 19.6. The number of halogens is 1. The van der Waals surface area contributed by atoms with Crippen LogP contribution < -0.4 is 4.74 Å². The number of aromatic nitrogens is 1. The van der Waals surface area contributed by atoms with Gasteiger partial charge >= 0.3 is 0 Å². The highest BCUT2D eigenvalue weighted by molar-refractivity contribution is 5.86. The molecular weight excluding hydrogens is 205 g/mol. The minimum absolute atomic E-state index is 0.0210. The van der Waals surface area contributed by atoms with E-state index < -0.39 is 0 Å². The highest BCUT2D eigenvalue weighted by atomic mass is 19.1. The average Bonchev–Trinajstić information content (AvgIpc) is 2.48. The first-order chi connectivity index (χ1) is 7.50. The number of H-pyrrole nitrogens is 1. The highest BCUT2D eigenvalue weighted by Crippen LogP contribution is 2.30. The Morgan fingerprint density at radius 2 is 1.94 bits per heavy atom. The Morgan fingerprint density at radius 3 is 2.56 bits per heavy atom. The van der Waals surface area contributed by atoms with E-state index in [0.717, 1.165) is 16.8 Å². The summed E-state index contributed by atoms with van der Waals surface area (Å²) in [6.45, 7) is 7.63. The van der Waals surface area contributed by atoms with E-state index >= 15 is 0 Å². The molecule has 0 unspecified atom stereocenters. The smallest absolute Gasteiger partial charge is 0.174 e. The van der Waals surface area contributed by atoms with Gasteiger partial charge < -0.3 is 9.72 Å². The van der Waals surface area contributed by atoms with Crippen LogP contribution >= 0.6 is 0 Å². The monoisotopic (exact) mass is 221 g/mol. The van der Waals surface area contributed by atoms with Gasteiger partial charge in [0.25, 0.3) is 0 Å². The van der Waals surface area contributed by atoms with Gasteiger partial charge in [-0.2, -0.15) is 0 Å². The lowest BCUT2D eigenvalue weighted by Crippen LogP contribution is -2.06. The summed E-state index contributed by atoms with van der Waals surface area (Å²) in [6.07, 6.45) is -0.0210. The zero-order valence-electron chi connectivity index (χ0n) is 10.0. The molecule has 16 heavy (non-hydrogen) atoms. The number of hydrogen-bond acceptors (Lipinski definition) is 1. The summed E-state index contributed by atoms with van der Waals surface area (Å²) >= 11 is 0. The molecule has 2 aromatic rings. The molecule has 1 heterocycles. The van der Waals surface area contributed by atoms with Crippen molar-refractivity contribution < 1.29 is 9.13 Å². The van der Waals surface area contributed by atoms with Gasteiger partial charge in [0.2, 0.25) is 0 Å². The van der Waals surface area contributed by atoms with Gasteiger partial charge in [0, 0.05) is 16.6 Å². The molecule has 1 aromatic carbocycles. The summed E-state index contributed by atoms with van der Waals surface area (Å²) in [7, 11) is 0. The molecule has 1 aromatic heterocycles. The van der Waals surface area contributed by atoms with E-state index in [4.69, 9.17) is 4.74 Å². The summed E-state index contributed by atoms with van der Waals surface area (Å²) in [5.41, 5.74) is 2.76. The number of fused-ring (bicyclic) bond motifs is 1. The van der Waals surface area contributed by atoms with E-state index in [1.165, 1.54) is 0 Å². The number of aryl methyl sites for hydroxylation is 2. The molecule has 2 nitrogen and oxygen atoms in total. The molecule has 0 bridgehead atoms. The number of ether oxygens (including phenoxy) is 1. The van der Waals surface area contributed by atoms with Crippen molar-refractivity contribution in [1.29, 1.82) is 0 Å². The van der Waals surface area contributed by atoms with Crippen molar-refractivity contribution in [3.63, 3.8) is 0 Å². The van der Waals surface area contributed by atoms with Gasteiger partial charge in [-0.15, -0.1) is 0 Å². The third-order valence-electron chi connectivity index (χ3n) is 2.73. The highest BCUT2D eigenvalue weighted by Gasteiger charge is 2.14. The molecule has 0 spiro atoms. The van der Waals surface area contributed by atoms with Crippen LogP contribution in [0.1, 0.15) is 25.1 Å². The van der Waals surface area contributed by atoms with Crippen LogP contribution in [0.3, 0.4) is 0 Å². The molecule has 0 saturated heterocycles. The van der Waals surface area contributed by atoms with Crippen molar-refractivity contribution in [3.8, 4) is 5.75 Å². The SMILES string of the molecule is Cc1[nH]c2ccc(OC(C)C)c(F)c2c1C. The van der Waals surface area contributed by atoms with Gasteiger partial charge in [-0.05, 0) is 45.4 Å². The van der Waals surface area contributed by atoms with Crippen LogP contribution in [0.15, 0.2) is 12.1 Å². The fraction of sp³-hybridized carbons (Fsp3) is 0.385. The number of hydrogen-bond donors (Lipinski definition) is 1. The Kier molecular flexibility index (Phi) is 2.62. The summed E-state index contributed by atoms with van der Waals surface area (Å²) in [5.74, 6) is 0.0534. The number of aromatic amines is 1. The van der Waals surface area contributed by atoms with Crippen LogP contribution in [-0.2, 0) is 0 Å². The molecule has 0 aliphatic heterocycles. The zero-order chi connectivity index (χ0) is 11.9. The number of rotatable bonds is 2. The molecule has 0 radical (unpaired) electrons. The van der Waals surface area contributed by atoms with Crippen molar-refractivity contribution in [3.05, 3.63) is 29.2 Å². The van der Waals surface area contributed by atoms with Gasteiger partial charge in [-0.25, -0.2) is 4.39 Å². The molecule has 86 valence electrons. The fourth-order valence-corrected chi connectivity index (χ4v) is 1.86. The van der Waals surface area contributed by atoms with Crippen LogP contribution in [0.2, 0.25) is 0 Å². The molecule has 1 N–H and O–H groups in total. The predicted octanol–water partition coefficient (Wildman–Crippen LogP) is 3.71. The van der Waals surface area contributed by atoms with Crippen molar-refractivity contribution >= 4 is 10.9 Å². The number of benzene rings is 1. The quantitative estimate of drug-likeness (QED) is 0.821. The first kappa shape index (κ1) is 11.0. The van der Waals surface area contributed by atoms with E-state index in [2.05, 4.69) is 4.98 Å². The second-order valence-corrected chi connectivity index (χ2v) is 4.34. The van der Waals surface area contributed by atoms with Crippen LogP contribution in [-0.4, -0.2) is 11.1 Å². The van der Waals surface area contributed by atoms with Crippen LogP contribution in [0.4, 0.5) is 4.39 Å². The largest absolute Gasteiger partial charge is 0.488 e. The van der Waals surface area contributed by atoms with E-state index in [1.807, 2.05) is 33.8 Å². The first-order valence-electron chi connectivity index (χ1n) is 5.44. The van der Waals surface area contributed by atoms with E-state index in [0.29, 0.717) is 11.1 Å². The molecule has 0 atom stereocenters. The van der Waals surface area contributed by atoms with Crippen LogP contribution in [0.5, 0.6) is 5.75 Å². The van der Waals surface area contributed by atoms with E-state index in [9.17, 15) is 4.39 Å². The minimum Gasteiger partial charge on any atom is -0.488 e. The van der Waals surface area contributed by atoms with Gasteiger partial charge in [0.05, 0.1) is 6.10 Å². The zero-order valence-corrected chi connectivity index (χ0v) is 10.0. The van der Waals surface area contributed by atoms with Crippen molar-refractivity contribution in [2.24, 2.45) is 0 Å². The first-order valence-corrected chi connectivity index (χ1v) is 5.44. The average molecular weight is 221 g/mol. The van der Waals surface area contributed by atoms with Gasteiger partial charge in [-0.1, -0.05) is 0 Å². The lowest BCUT2D eigenvalue weighted by atomic mass is 10.1. The fourth-order valence-electron chi connectivity index (χ4n) is 1.86. The topological polar surface area (TPSA) is 25.0 Å². The molecule has 0 aliphatic rings. The molecule has 0 amide bonds. The Balaban J connectivity index is 2.63. The molecule has 0 aliphatic carbocycles. The normalized spacial score (nSPS) is 11.4. The number of nitrogens with one attached hydrogen (secondary N) is 1. The lowest BCUT2D eigenvalue weighted by Gasteiger charge is -2.10. The van der Waals surface area contributed by atoms with Crippen LogP contribution in [0.25, 0.3) is 10.9 Å². The maximum absolute atomic E-state index is 14.2. The van der Waals surface area contributed by atoms with Gasteiger partial charge in [0.1, 0.15) is 0 Å². The van der Waals surface area contributed by atoms with Crippen LogP contribution in [0, 0.1) is 19.7 Å². The minimum atomic E-state index is -0.270. The summed E-state index contributed by atoms with van der Waals surface area (Å²) in [5, 5.41) is 0.635. The standard InChI is InChI=1S/C13H16FNO/c1-7(2)16-11-6-5-10-12(13(11)14)8(3)9(4)15-10/h5-7,15H,1-4H3. The lowest BCUT2D eigenvalue weighted by molar-refractivity contribution is 0.232. The molecule has 3 heteroatoms. The Bertz CT molecular complexity index is 528. The Labute approximate surface area is 94.4 Å². The maximum atomic E-state index is 14.2. The van der Waals surface area contributed by atoms with Crippen molar-refractivity contribution in [1.82, 2.24) is 4.98 Å². The Morgan fingerprint density at radius 1 is 1.25 bits per heavy atom. The molecule has 0 saturated carbocycles. The third kappa shape index (κ3) is 1.66. The molecular formula is C13H16FNO. The second kappa shape index (κ2) is 3.81. The summed E-state index contributed by atoms with van der Waals surface area (Å²) in [4.78, 5) is 3.15. The van der Waals surface area contributed by atoms with Crippen molar-refractivity contribution in [2.75, 3.05) is 0 Å². The summed E-state index contributed by atoms with van der Waals surface area (Å²) in [6, 6.07) is 3.53. The maximum Gasteiger partial charge on any atom is 0.174 e. The van der Waals surface area contributed by atoms with E-state index in [-0.39, 0.29) is 11.9 Å². The second-order valence-electron chi connectivity index (χ2n) is 4.34.